The average molecular weight is 184 g/mol. The summed E-state index contributed by atoms with van der Waals surface area (Å²) >= 11 is 0. The smallest absolute Gasteiger partial charge is 0.0832 e. The number of aliphatic hydroxyl groups excluding tert-OH is 2. The molecule has 0 spiro atoms. The maximum atomic E-state index is 9.84. The Morgan fingerprint density at radius 1 is 1.08 bits per heavy atom. The SMILES string of the molecule is CC(C)[C@@H]1C[C@H](C2CC2)[C@@H](O)[C@H]1O. The average Bonchev–Trinajstić information content (AvgIpc) is 2.83. The lowest BCUT2D eigenvalue weighted by Crippen LogP contribution is -2.30. The molecule has 0 amide bonds. The molecule has 76 valence electrons. The van der Waals surface area contributed by atoms with Gasteiger partial charge in [0.25, 0.3) is 0 Å². The molecule has 2 heteroatoms. The van der Waals surface area contributed by atoms with Crippen LogP contribution in [0.5, 0.6) is 0 Å². The van der Waals surface area contributed by atoms with Gasteiger partial charge in [-0.2, -0.15) is 0 Å². The van der Waals surface area contributed by atoms with Gasteiger partial charge in [-0.15, -0.1) is 0 Å². The third kappa shape index (κ3) is 1.62. The molecule has 2 nitrogen and oxygen atoms in total. The topological polar surface area (TPSA) is 40.5 Å². The van der Waals surface area contributed by atoms with Crippen LogP contribution in [-0.2, 0) is 0 Å². The van der Waals surface area contributed by atoms with Crippen LogP contribution in [0.2, 0.25) is 0 Å². The van der Waals surface area contributed by atoms with Crippen molar-refractivity contribution in [1.29, 1.82) is 0 Å². The molecule has 2 saturated carbocycles. The minimum Gasteiger partial charge on any atom is -0.390 e. The van der Waals surface area contributed by atoms with Crippen LogP contribution in [0.1, 0.15) is 33.1 Å². The van der Waals surface area contributed by atoms with Gasteiger partial charge in [0.05, 0.1) is 12.2 Å². The molecule has 2 rings (SSSR count). The van der Waals surface area contributed by atoms with E-state index in [1.54, 1.807) is 0 Å². The molecule has 0 unspecified atom stereocenters. The summed E-state index contributed by atoms with van der Waals surface area (Å²) in [6.45, 7) is 4.27. The van der Waals surface area contributed by atoms with Crippen LogP contribution in [0.25, 0.3) is 0 Å². The van der Waals surface area contributed by atoms with Crippen molar-refractivity contribution in [3.63, 3.8) is 0 Å². The number of rotatable bonds is 2. The second-order valence-electron chi connectivity index (χ2n) is 5.13. The summed E-state index contributed by atoms with van der Waals surface area (Å²) in [6, 6.07) is 0. The Balaban J connectivity index is 2.02. The van der Waals surface area contributed by atoms with E-state index >= 15 is 0 Å². The molecule has 0 aliphatic heterocycles. The molecule has 0 bridgehead atoms. The summed E-state index contributed by atoms with van der Waals surface area (Å²) in [4.78, 5) is 0. The first-order chi connectivity index (χ1) is 6.11. The van der Waals surface area contributed by atoms with E-state index in [0.717, 1.165) is 6.42 Å². The molecule has 2 N–H and O–H groups in total. The van der Waals surface area contributed by atoms with Crippen molar-refractivity contribution in [2.24, 2.45) is 23.7 Å². The summed E-state index contributed by atoms with van der Waals surface area (Å²) in [7, 11) is 0. The minimum absolute atomic E-state index is 0.320. The molecule has 0 radical (unpaired) electrons. The van der Waals surface area contributed by atoms with Gasteiger partial charge in [0.1, 0.15) is 0 Å². The van der Waals surface area contributed by atoms with E-state index in [4.69, 9.17) is 0 Å². The van der Waals surface area contributed by atoms with E-state index in [1.807, 2.05) is 0 Å². The van der Waals surface area contributed by atoms with Crippen molar-refractivity contribution in [1.82, 2.24) is 0 Å². The molecule has 0 saturated heterocycles. The zero-order chi connectivity index (χ0) is 9.59. The Morgan fingerprint density at radius 2 is 1.69 bits per heavy atom. The molecule has 2 aliphatic carbocycles. The minimum atomic E-state index is -0.467. The first kappa shape index (κ1) is 9.47. The molecule has 0 aromatic heterocycles. The van der Waals surface area contributed by atoms with E-state index in [-0.39, 0.29) is 0 Å². The fourth-order valence-corrected chi connectivity index (χ4v) is 2.76. The normalized spacial score (nSPS) is 45.9. The second kappa shape index (κ2) is 3.25. The van der Waals surface area contributed by atoms with Crippen LogP contribution >= 0.6 is 0 Å². The van der Waals surface area contributed by atoms with Gasteiger partial charge in [0, 0.05) is 0 Å². The van der Waals surface area contributed by atoms with Gasteiger partial charge in [-0.3, -0.25) is 0 Å². The van der Waals surface area contributed by atoms with Gasteiger partial charge in [-0.25, -0.2) is 0 Å². The van der Waals surface area contributed by atoms with Gasteiger partial charge < -0.3 is 10.2 Å². The van der Waals surface area contributed by atoms with Crippen molar-refractivity contribution in [2.45, 2.75) is 45.3 Å². The van der Waals surface area contributed by atoms with Crippen LogP contribution in [-0.4, -0.2) is 22.4 Å². The molecule has 13 heavy (non-hydrogen) atoms. The summed E-state index contributed by atoms with van der Waals surface area (Å²) < 4.78 is 0. The maximum absolute atomic E-state index is 9.84. The van der Waals surface area contributed by atoms with Crippen LogP contribution in [0, 0.1) is 23.7 Å². The third-order valence-corrected chi connectivity index (χ3v) is 3.86. The molecular weight excluding hydrogens is 164 g/mol. The largest absolute Gasteiger partial charge is 0.390 e. The highest BCUT2D eigenvalue weighted by Crippen LogP contribution is 2.48. The van der Waals surface area contributed by atoms with E-state index in [0.29, 0.717) is 23.7 Å². The van der Waals surface area contributed by atoms with Crippen LogP contribution in [0.3, 0.4) is 0 Å². The third-order valence-electron chi connectivity index (χ3n) is 3.86. The fraction of sp³-hybridized carbons (Fsp3) is 1.00. The predicted molar refractivity (Wildman–Crippen MR) is 51.2 cm³/mol. The van der Waals surface area contributed by atoms with E-state index in [1.165, 1.54) is 12.8 Å². The van der Waals surface area contributed by atoms with Crippen molar-refractivity contribution in [3.8, 4) is 0 Å². The van der Waals surface area contributed by atoms with E-state index in [9.17, 15) is 10.2 Å². The van der Waals surface area contributed by atoms with Crippen LogP contribution in [0.15, 0.2) is 0 Å². The monoisotopic (exact) mass is 184 g/mol. The zero-order valence-electron chi connectivity index (χ0n) is 8.48. The molecule has 0 aromatic rings. The zero-order valence-corrected chi connectivity index (χ0v) is 8.48. The molecule has 2 fully saturated rings. The van der Waals surface area contributed by atoms with Gasteiger partial charge in [0.15, 0.2) is 0 Å². The Labute approximate surface area is 80.0 Å². The Kier molecular flexibility index (Phi) is 2.37. The summed E-state index contributed by atoms with van der Waals surface area (Å²) in [5.41, 5.74) is 0. The van der Waals surface area contributed by atoms with E-state index in [2.05, 4.69) is 13.8 Å². The number of hydrogen-bond donors (Lipinski definition) is 2. The fourth-order valence-electron chi connectivity index (χ4n) is 2.76. The first-order valence-corrected chi connectivity index (χ1v) is 5.47. The molecule has 0 heterocycles. The first-order valence-electron chi connectivity index (χ1n) is 5.47. The standard InChI is InChI=1S/C11H20O2/c1-6(2)8-5-9(7-3-4-7)11(13)10(8)12/h6-13H,3-5H2,1-2H3/t8-,9+,10-,11+/m0/s1. The highest BCUT2D eigenvalue weighted by molar-refractivity contribution is 4.98. The van der Waals surface area contributed by atoms with Gasteiger partial charge in [-0.05, 0) is 42.9 Å². The predicted octanol–water partition coefficient (Wildman–Crippen LogP) is 1.41. The Morgan fingerprint density at radius 3 is 2.08 bits per heavy atom. The van der Waals surface area contributed by atoms with Crippen LogP contribution in [0.4, 0.5) is 0 Å². The van der Waals surface area contributed by atoms with Crippen molar-refractivity contribution in [2.75, 3.05) is 0 Å². The quantitative estimate of drug-likeness (QED) is 0.681. The molecule has 2 aliphatic rings. The van der Waals surface area contributed by atoms with E-state index < -0.39 is 12.2 Å². The number of hydrogen-bond acceptors (Lipinski definition) is 2. The lowest BCUT2D eigenvalue weighted by Gasteiger charge is -2.19. The van der Waals surface area contributed by atoms with Crippen molar-refractivity contribution < 1.29 is 10.2 Å². The van der Waals surface area contributed by atoms with Crippen LogP contribution < -0.4 is 0 Å². The van der Waals surface area contributed by atoms with Gasteiger partial charge in [0.2, 0.25) is 0 Å². The Bertz CT molecular complexity index is 175. The lowest BCUT2D eigenvalue weighted by molar-refractivity contribution is -0.00678. The molecular formula is C11H20O2. The number of aliphatic hydroxyl groups is 2. The Hall–Kier alpha value is -0.0800. The van der Waals surface area contributed by atoms with Crippen molar-refractivity contribution >= 4 is 0 Å². The van der Waals surface area contributed by atoms with Gasteiger partial charge in [-0.1, -0.05) is 13.8 Å². The second-order valence-corrected chi connectivity index (χ2v) is 5.13. The van der Waals surface area contributed by atoms with Crippen molar-refractivity contribution in [3.05, 3.63) is 0 Å². The lowest BCUT2D eigenvalue weighted by atomic mass is 9.91. The molecule has 4 atom stereocenters. The summed E-state index contributed by atoms with van der Waals surface area (Å²) in [5, 5.41) is 19.7. The highest BCUT2D eigenvalue weighted by Gasteiger charge is 2.48. The summed E-state index contributed by atoms with van der Waals surface area (Å²) in [6.07, 6.45) is 2.65. The molecule has 0 aromatic carbocycles. The summed E-state index contributed by atoms with van der Waals surface area (Å²) in [5.74, 6) is 1.92. The van der Waals surface area contributed by atoms with Gasteiger partial charge >= 0.3 is 0 Å². The highest BCUT2D eigenvalue weighted by atomic mass is 16.3. The maximum Gasteiger partial charge on any atom is 0.0832 e.